The normalized spacial score (nSPS) is 12.4. The van der Waals surface area contributed by atoms with Crippen molar-refractivity contribution < 1.29 is 22.4 Å². The molecule has 1 N–H and O–H groups in total. The molecule has 0 aliphatic heterocycles. The first-order valence-corrected chi connectivity index (χ1v) is 13.1. The van der Waals surface area contributed by atoms with Gasteiger partial charge in [-0.15, -0.1) is 0 Å². The van der Waals surface area contributed by atoms with Crippen LogP contribution in [0.3, 0.4) is 0 Å². The van der Waals surface area contributed by atoms with E-state index in [9.17, 15) is 22.4 Å². The zero-order valence-corrected chi connectivity index (χ0v) is 21.6. The minimum Gasteiger partial charge on any atom is -0.352 e. The van der Waals surface area contributed by atoms with Crippen molar-refractivity contribution in [2.24, 2.45) is 0 Å². The molecule has 0 aliphatic rings. The number of rotatable bonds is 10. The van der Waals surface area contributed by atoms with Crippen molar-refractivity contribution in [3.63, 3.8) is 0 Å². The van der Waals surface area contributed by atoms with E-state index in [0.29, 0.717) is 28.3 Å². The second kappa shape index (κ2) is 11.7. The van der Waals surface area contributed by atoms with E-state index in [0.717, 1.165) is 10.6 Å². The molecular weight excluding hydrogens is 481 g/mol. The predicted molar refractivity (Wildman–Crippen MR) is 133 cm³/mol. The molecule has 0 unspecified atom stereocenters. The highest BCUT2D eigenvalue weighted by atomic mass is 35.5. The molecule has 7 nitrogen and oxygen atoms in total. The van der Waals surface area contributed by atoms with Gasteiger partial charge in [-0.2, -0.15) is 0 Å². The van der Waals surface area contributed by atoms with Crippen molar-refractivity contribution in [3.05, 3.63) is 64.4 Å². The predicted octanol–water partition coefficient (Wildman–Crippen LogP) is 3.89. The Balaban J connectivity index is 2.46. The molecule has 2 aromatic rings. The van der Waals surface area contributed by atoms with E-state index < -0.39 is 34.3 Å². The van der Waals surface area contributed by atoms with Crippen molar-refractivity contribution >= 4 is 39.1 Å². The lowest BCUT2D eigenvalue weighted by atomic mass is 10.1. The number of benzene rings is 2. The number of carbonyl (C=O) groups is 2. The molecule has 2 rings (SSSR count). The van der Waals surface area contributed by atoms with Gasteiger partial charge in [0.2, 0.25) is 21.8 Å². The average Bonchev–Trinajstić information content (AvgIpc) is 2.72. The first-order chi connectivity index (χ1) is 15.8. The van der Waals surface area contributed by atoms with Gasteiger partial charge in [-0.3, -0.25) is 13.9 Å². The second-order valence-electron chi connectivity index (χ2n) is 8.44. The third kappa shape index (κ3) is 7.43. The second-order valence-corrected chi connectivity index (χ2v) is 10.8. The number of amides is 2. The molecule has 0 bridgehead atoms. The van der Waals surface area contributed by atoms with Gasteiger partial charge >= 0.3 is 0 Å². The Labute approximate surface area is 205 Å². The fraction of sp³-hybridized carbons (Fsp3) is 0.417. The van der Waals surface area contributed by atoms with Crippen molar-refractivity contribution in [1.82, 2.24) is 10.2 Å². The zero-order chi connectivity index (χ0) is 25.6. The lowest BCUT2D eigenvalue weighted by Gasteiger charge is -2.33. The Kier molecular flexibility index (Phi) is 9.46. The van der Waals surface area contributed by atoms with Gasteiger partial charge in [-0.25, -0.2) is 12.8 Å². The molecule has 10 heteroatoms. The zero-order valence-electron chi connectivity index (χ0n) is 20.0. The lowest BCUT2D eigenvalue weighted by molar-refractivity contribution is -0.140. The largest absolute Gasteiger partial charge is 0.352 e. The maximum absolute atomic E-state index is 13.6. The molecular formula is C24H31ClFN3O4S. The molecule has 0 aromatic heterocycles. The number of anilines is 1. The molecule has 0 heterocycles. The van der Waals surface area contributed by atoms with Crippen molar-refractivity contribution in [2.45, 2.75) is 52.7 Å². The fourth-order valence-electron chi connectivity index (χ4n) is 3.58. The van der Waals surface area contributed by atoms with E-state index in [-0.39, 0.29) is 18.5 Å². The summed E-state index contributed by atoms with van der Waals surface area (Å²) < 4.78 is 39.7. The van der Waals surface area contributed by atoms with Crippen LogP contribution < -0.4 is 9.62 Å². The molecule has 2 amide bonds. The Bertz CT molecular complexity index is 1120. The maximum Gasteiger partial charge on any atom is 0.244 e. The van der Waals surface area contributed by atoms with Crippen LogP contribution in [0.4, 0.5) is 10.1 Å². The van der Waals surface area contributed by atoms with Gasteiger partial charge < -0.3 is 10.2 Å². The number of nitrogens with one attached hydrogen (secondary N) is 1. The van der Waals surface area contributed by atoms with Gasteiger partial charge in [0.15, 0.2) is 0 Å². The SMILES string of the molecule is CC[C@@H](C(=O)NC(C)C)N(Cc1ccc(F)cc1)C(=O)CN(c1ccc(Cl)cc1C)S(C)(=O)=O. The van der Waals surface area contributed by atoms with Gasteiger partial charge in [0.05, 0.1) is 11.9 Å². The molecule has 0 fully saturated rings. The number of halogens is 2. The third-order valence-electron chi connectivity index (χ3n) is 5.19. The highest BCUT2D eigenvalue weighted by molar-refractivity contribution is 7.92. The van der Waals surface area contributed by atoms with Gasteiger partial charge in [0.25, 0.3) is 0 Å². The summed E-state index contributed by atoms with van der Waals surface area (Å²) >= 11 is 6.02. The Morgan fingerprint density at radius 3 is 2.24 bits per heavy atom. The van der Waals surface area contributed by atoms with Gasteiger partial charge in [-0.1, -0.05) is 30.7 Å². The van der Waals surface area contributed by atoms with Gasteiger partial charge in [0.1, 0.15) is 18.4 Å². The number of carbonyl (C=O) groups excluding carboxylic acids is 2. The number of nitrogens with zero attached hydrogens (tertiary/aromatic N) is 2. The lowest BCUT2D eigenvalue weighted by Crippen LogP contribution is -2.53. The number of hydrogen-bond acceptors (Lipinski definition) is 4. The molecule has 0 saturated carbocycles. The van der Waals surface area contributed by atoms with E-state index in [4.69, 9.17) is 11.6 Å². The standard InChI is InChI=1S/C24H31ClFN3O4S/c1-6-21(24(31)27-16(2)3)28(14-18-7-10-20(26)11-8-18)23(30)15-29(34(5,32)33)22-12-9-19(25)13-17(22)4/h7-13,16,21H,6,14-15H2,1-5H3,(H,27,31)/t21-/m0/s1. The van der Waals surface area contributed by atoms with E-state index in [1.54, 1.807) is 32.0 Å². The minimum atomic E-state index is -3.84. The summed E-state index contributed by atoms with van der Waals surface area (Å²) in [6.45, 7) is 6.60. The summed E-state index contributed by atoms with van der Waals surface area (Å²) in [5.41, 5.74) is 1.51. The molecule has 186 valence electrons. The monoisotopic (exact) mass is 511 g/mol. The number of sulfonamides is 1. The van der Waals surface area contributed by atoms with Crippen LogP contribution in [0.5, 0.6) is 0 Å². The Morgan fingerprint density at radius 1 is 1.12 bits per heavy atom. The van der Waals surface area contributed by atoms with Crippen LogP contribution in [0, 0.1) is 12.7 Å². The topological polar surface area (TPSA) is 86.8 Å². The smallest absolute Gasteiger partial charge is 0.244 e. The minimum absolute atomic E-state index is 0.0142. The van der Waals surface area contributed by atoms with Crippen LogP contribution in [0.2, 0.25) is 5.02 Å². The highest BCUT2D eigenvalue weighted by Crippen LogP contribution is 2.26. The fourth-order valence-corrected chi connectivity index (χ4v) is 4.71. The molecule has 34 heavy (non-hydrogen) atoms. The first kappa shape index (κ1) is 27.6. The molecule has 2 aromatic carbocycles. The van der Waals surface area contributed by atoms with Crippen LogP contribution >= 0.6 is 11.6 Å². The number of hydrogen-bond donors (Lipinski definition) is 1. The maximum atomic E-state index is 13.6. The summed E-state index contributed by atoms with van der Waals surface area (Å²) in [5, 5.41) is 3.26. The highest BCUT2D eigenvalue weighted by Gasteiger charge is 2.32. The Morgan fingerprint density at radius 2 is 1.74 bits per heavy atom. The van der Waals surface area contributed by atoms with Crippen LogP contribution in [-0.2, 0) is 26.2 Å². The quantitative estimate of drug-likeness (QED) is 0.524. The molecule has 0 spiro atoms. The van der Waals surface area contributed by atoms with E-state index in [1.807, 2.05) is 13.8 Å². The van der Waals surface area contributed by atoms with Gasteiger partial charge in [0, 0.05) is 17.6 Å². The van der Waals surface area contributed by atoms with Crippen LogP contribution in [0.25, 0.3) is 0 Å². The van der Waals surface area contributed by atoms with Crippen LogP contribution in [-0.4, -0.2) is 50.0 Å². The summed E-state index contributed by atoms with van der Waals surface area (Å²) in [5.74, 6) is -1.33. The van der Waals surface area contributed by atoms with Crippen molar-refractivity contribution in [2.75, 3.05) is 17.1 Å². The van der Waals surface area contributed by atoms with Gasteiger partial charge in [-0.05, 0) is 68.7 Å². The Hall–Kier alpha value is -2.65. The average molecular weight is 512 g/mol. The van der Waals surface area contributed by atoms with Crippen LogP contribution in [0.1, 0.15) is 38.3 Å². The summed E-state index contributed by atoms with van der Waals surface area (Å²) in [6.07, 6.45) is 1.33. The molecule has 1 atom stereocenters. The van der Waals surface area contributed by atoms with Crippen molar-refractivity contribution in [3.8, 4) is 0 Å². The summed E-state index contributed by atoms with van der Waals surface area (Å²) in [4.78, 5) is 27.8. The molecule has 0 aliphatic carbocycles. The van der Waals surface area contributed by atoms with E-state index in [2.05, 4.69) is 5.32 Å². The molecule has 0 saturated heterocycles. The molecule has 0 radical (unpaired) electrons. The van der Waals surface area contributed by atoms with E-state index >= 15 is 0 Å². The van der Waals surface area contributed by atoms with Crippen molar-refractivity contribution in [1.29, 1.82) is 0 Å². The van der Waals surface area contributed by atoms with Crippen LogP contribution in [0.15, 0.2) is 42.5 Å². The summed E-state index contributed by atoms with van der Waals surface area (Å²) in [7, 11) is -3.84. The summed E-state index contributed by atoms with van der Waals surface area (Å²) in [6, 6.07) is 9.31. The number of aryl methyl sites for hydroxylation is 1. The van der Waals surface area contributed by atoms with E-state index in [1.165, 1.54) is 29.2 Å². The third-order valence-corrected chi connectivity index (χ3v) is 6.55. The first-order valence-electron chi connectivity index (χ1n) is 10.9.